The van der Waals surface area contributed by atoms with Crippen molar-refractivity contribution in [2.45, 2.75) is 31.9 Å². The lowest BCUT2D eigenvalue weighted by Gasteiger charge is -2.31. The molecule has 0 aromatic rings. The number of hydrogen-bond acceptors (Lipinski definition) is 4. The van der Waals surface area contributed by atoms with E-state index < -0.39 is 6.10 Å². The zero-order valence-corrected chi connectivity index (χ0v) is 9.41. The summed E-state index contributed by atoms with van der Waals surface area (Å²) in [6, 6.07) is 0. The zero-order valence-electron chi connectivity index (χ0n) is 9.41. The quantitative estimate of drug-likeness (QED) is 0.673. The molecule has 0 spiro atoms. The molecule has 3 N–H and O–H groups in total. The van der Waals surface area contributed by atoms with Crippen molar-refractivity contribution in [2.75, 3.05) is 26.4 Å². The summed E-state index contributed by atoms with van der Waals surface area (Å²) in [7, 11) is 0. The smallest absolute Gasteiger partial charge is 0.252 e. The highest BCUT2D eigenvalue weighted by Crippen LogP contribution is 2.09. The maximum absolute atomic E-state index is 11.8. The monoisotopic (exact) mass is 216 g/mol. The van der Waals surface area contributed by atoms with Gasteiger partial charge in [0.25, 0.3) is 5.91 Å². The van der Waals surface area contributed by atoms with Crippen molar-refractivity contribution in [1.29, 1.82) is 0 Å². The summed E-state index contributed by atoms with van der Waals surface area (Å²) in [5.74, 6) is -0.135. The topological polar surface area (TPSA) is 73.6 Å². The third-order valence-corrected chi connectivity index (χ3v) is 2.76. The van der Waals surface area contributed by atoms with Crippen molar-refractivity contribution < 1.29 is 14.3 Å². The van der Waals surface area contributed by atoms with Gasteiger partial charge in [0.1, 0.15) is 0 Å². The van der Waals surface area contributed by atoms with Gasteiger partial charge in [-0.15, -0.1) is 0 Å². The van der Waals surface area contributed by atoms with Crippen molar-refractivity contribution >= 4 is 5.91 Å². The molecule has 1 saturated heterocycles. The van der Waals surface area contributed by atoms with Crippen molar-refractivity contribution in [3.8, 4) is 0 Å². The van der Waals surface area contributed by atoms with Crippen LogP contribution in [0.1, 0.15) is 20.3 Å². The van der Waals surface area contributed by atoms with Crippen LogP contribution in [-0.2, 0) is 14.3 Å². The van der Waals surface area contributed by atoms with Gasteiger partial charge < -0.3 is 20.5 Å². The van der Waals surface area contributed by atoms with Gasteiger partial charge in [-0.2, -0.15) is 0 Å². The summed E-state index contributed by atoms with van der Waals surface area (Å²) in [5, 5.41) is 2.89. The number of amides is 1. The predicted molar refractivity (Wildman–Crippen MR) is 56.5 cm³/mol. The van der Waals surface area contributed by atoms with E-state index in [1.165, 1.54) is 0 Å². The fraction of sp³-hybridized carbons (Fsp3) is 0.900. The highest BCUT2D eigenvalue weighted by molar-refractivity contribution is 5.81. The van der Waals surface area contributed by atoms with Gasteiger partial charge >= 0.3 is 0 Å². The maximum atomic E-state index is 11.8. The Labute approximate surface area is 90.3 Å². The maximum Gasteiger partial charge on any atom is 0.252 e. The highest BCUT2D eigenvalue weighted by Gasteiger charge is 2.29. The van der Waals surface area contributed by atoms with Crippen molar-refractivity contribution in [3.63, 3.8) is 0 Å². The van der Waals surface area contributed by atoms with E-state index in [-0.39, 0.29) is 11.4 Å². The lowest BCUT2D eigenvalue weighted by Crippen LogP contribution is -2.55. The molecule has 1 amide bonds. The van der Waals surface area contributed by atoms with E-state index in [2.05, 4.69) is 5.32 Å². The van der Waals surface area contributed by atoms with E-state index in [0.29, 0.717) is 26.4 Å². The molecular formula is C10H20N2O3. The second-order valence-electron chi connectivity index (χ2n) is 4.04. The Bertz CT molecular complexity index is 211. The SMILES string of the molecule is CCC(C)(CN)NC(=O)C1COCCO1. The molecule has 1 rings (SSSR count). The van der Waals surface area contributed by atoms with Crippen LogP contribution in [0, 0.1) is 0 Å². The second kappa shape index (κ2) is 5.44. The van der Waals surface area contributed by atoms with Crippen LogP contribution in [0.4, 0.5) is 0 Å². The molecule has 1 aliphatic heterocycles. The molecule has 0 radical (unpaired) electrons. The fourth-order valence-corrected chi connectivity index (χ4v) is 1.30. The molecule has 1 heterocycles. The molecule has 0 aromatic carbocycles. The van der Waals surface area contributed by atoms with Gasteiger partial charge in [0.2, 0.25) is 0 Å². The number of carbonyl (C=O) groups excluding carboxylic acids is 1. The predicted octanol–water partition coefficient (Wildman–Crippen LogP) is -0.355. The zero-order chi connectivity index (χ0) is 11.3. The van der Waals surface area contributed by atoms with E-state index in [1.807, 2.05) is 13.8 Å². The van der Waals surface area contributed by atoms with E-state index >= 15 is 0 Å². The second-order valence-corrected chi connectivity index (χ2v) is 4.04. The highest BCUT2D eigenvalue weighted by atomic mass is 16.6. The van der Waals surface area contributed by atoms with E-state index in [4.69, 9.17) is 15.2 Å². The van der Waals surface area contributed by atoms with Crippen molar-refractivity contribution in [2.24, 2.45) is 5.73 Å². The molecule has 88 valence electrons. The Balaban J connectivity index is 2.46. The van der Waals surface area contributed by atoms with Crippen LogP contribution >= 0.6 is 0 Å². The van der Waals surface area contributed by atoms with Gasteiger partial charge in [-0.05, 0) is 13.3 Å². The molecule has 0 saturated carbocycles. The molecule has 5 heteroatoms. The third-order valence-electron chi connectivity index (χ3n) is 2.76. The lowest BCUT2D eigenvalue weighted by molar-refractivity contribution is -0.149. The molecule has 2 unspecified atom stereocenters. The number of rotatable bonds is 4. The first-order valence-corrected chi connectivity index (χ1v) is 5.33. The van der Waals surface area contributed by atoms with E-state index in [9.17, 15) is 4.79 Å². The molecule has 1 aliphatic rings. The standard InChI is InChI=1S/C10H20N2O3/c1-3-10(2,7-11)12-9(13)8-6-14-4-5-15-8/h8H,3-7,11H2,1-2H3,(H,12,13). The number of ether oxygens (including phenoxy) is 2. The van der Waals surface area contributed by atoms with Gasteiger partial charge in [0.15, 0.2) is 6.10 Å². The molecular weight excluding hydrogens is 196 g/mol. The molecule has 5 nitrogen and oxygen atoms in total. The van der Waals surface area contributed by atoms with Gasteiger partial charge in [0.05, 0.1) is 19.8 Å². The number of nitrogens with one attached hydrogen (secondary N) is 1. The average Bonchev–Trinajstić information content (AvgIpc) is 2.30. The van der Waals surface area contributed by atoms with E-state index in [0.717, 1.165) is 6.42 Å². The minimum absolute atomic E-state index is 0.135. The minimum Gasteiger partial charge on any atom is -0.376 e. The first-order valence-electron chi connectivity index (χ1n) is 5.33. The molecule has 0 aromatic heterocycles. The van der Waals surface area contributed by atoms with Crippen LogP contribution in [0.15, 0.2) is 0 Å². The van der Waals surface area contributed by atoms with Gasteiger partial charge in [-0.1, -0.05) is 6.92 Å². The van der Waals surface area contributed by atoms with Crippen LogP contribution in [0.5, 0.6) is 0 Å². The first kappa shape index (κ1) is 12.4. The Morgan fingerprint density at radius 1 is 1.60 bits per heavy atom. The Kier molecular flexibility index (Phi) is 4.50. The Morgan fingerprint density at radius 3 is 2.80 bits per heavy atom. The normalized spacial score (nSPS) is 25.7. The van der Waals surface area contributed by atoms with Gasteiger partial charge in [-0.3, -0.25) is 4.79 Å². The Hall–Kier alpha value is -0.650. The summed E-state index contributed by atoms with van der Waals surface area (Å²) in [5.41, 5.74) is 5.26. The third kappa shape index (κ3) is 3.44. The number of nitrogens with two attached hydrogens (primary N) is 1. The molecule has 0 bridgehead atoms. The van der Waals surface area contributed by atoms with Gasteiger partial charge in [0, 0.05) is 12.1 Å². The summed E-state index contributed by atoms with van der Waals surface area (Å²) in [6.07, 6.45) is 0.305. The van der Waals surface area contributed by atoms with Crippen LogP contribution in [0.2, 0.25) is 0 Å². The van der Waals surface area contributed by atoms with Crippen molar-refractivity contribution in [3.05, 3.63) is 0 Å². The number of hydrogen-bond donors (Lipinski definition) is 2. The van der Waals surface area contributed by atoms with Crippen LogP contribution < -0.4 is 11.1 Å². The summed E-state index contributed by atoms with van der Waals surface area (Å²) in [4.78, 5) is 11.8. The summed E-state index contributed by atoms with van der Waals surface area (Å²) >= 11 is 0. The lowest BCUT2D eigenvalue weighted by atomic mass is 9.99. The molecule has 2 atom stereocenters. The van der Waals surface area contributed by atoms with Crippen molar-refractivity contribution in [1.82, 2.24) is 5.32 Å². The molecule has 15 heavy (non-hydrogen) atoms. The van der Waals surface area contributed by atoms with Gasteiger partial charge in [-0.25, -0.2) is 0 Å². The van der Waals surface area contributed by atoms with Crippen LogP contribution in [0.25, 0.3) is 0 Å². The van der Waals surface area contributed by atoms with Crippen LogP contribution in [0.3, 0.4) is 0 Å². The molecule has 0 aliphatic carbocycles. The van der Waals surface area contributed by atoms with E-state index in [1.54, 1.807) is 0 Å². The number of carbonyl (C=O) groups is 1. The molecule has 1 fully saturated rings. The average molecular weight is 216 g/mol. The van der Waals surface area contributed by atoms with Crippen LogP contribution in [-0.4, -0.2) is 43.9 Å². The first-order chi connectivity index (χ1) is 7.11. The summed E-state index contributed by atoms with van der Waals surface area (Å²) in [6.45, 7) is 5.70. The Morgan fingerprint density at radius 2 is 2.33 bits per heavy atom. The fourth-order valence-electron chi connectivity index (χ4n) is 1.30. The summed E-state index contributed by atoms with van der Waals surface area (Å²) < 4.78 is 10.5. The minimum atomic E-state index is -0.490. The largest absolute Gasteiger partial charge is 0.376 e.